The first-order valence-electron chi connectivity index (χ1n) is 7.08. The van der Waals surface area contributed by atoms with Crippen molar-refractivity contribution in [3.05, 3.63) is 54.6 Å². The zero-order valence-corrected chi connectivity index (χ0v) is 11.5. The number of ether oxygens (including phenoxy) is 1. The molecule has 3 rings (SSSR count). The average molecular weight is 269 g/mol. The van der Waals surface area contributed by atoms with Gasteiger partial charge >= 0.3 is 0 Å². The van der Waals surface area contributed by atoms with Crippen molar-refractivity contribution in [3.8, 4) is 5.75 Å². The minimum absolute atomic E-state index is 0.289. The van der Waals surface area contributed by atoms with Crippen molar-refractivity contribution in [2.45, 2.75) is 18.9 Å². The summed E-state index contributed by atoms with van der Waals surface area (Å²) in [4.78, 5) is 10.6. The summed E-state index contributed by atoms with van der Waals surface area (Å²) in [6.07, 6.45) is 9.70. The quantitative estimate of drug-likeness (QED) is 0.834. The molecule has 0 N–H and O–H groups in total. The second-order valence-electron chi connectivity index (χ2n) is 5.12. The van der Waals surface area contributed by atoms with Crippen molar-refractivity contribution < 1.29 is 4.74 Å². The van der Waals surface area contributed by atoms with Crippen LogP contribution in [0.5, 0.6) is 5.75 Å². The van der Waals surface area contributed by atoms with E-state index in [1.54, 1.807) is 12.4 Å². The maximum absolute atomic E-state index is 5.94. The Morgan fingerprint density at radius 1 is 1.15 bits per heavy atom. The van der Waals surface area contributed by atoms with Gasteiger partial charge in [0.2, 0.25) is 0 Å². The largest absolute Gasteiger partial charge is 0.487 e. The smallest absolute Gasteiger partial charge is 0.138 e. The van der Waals surface area contributed by atoms with Gasteiger partial charge in [0.05, 0.1) is 6.20 Å². The van der Waals surface area contributed by atoms with Crippen molar-refractivity contribution >= 4 is 0 Å². The van der Waals surface area contributed by atoms with Gasteiger partial charge in [0.15, 0.2) is 0 Å². The van der Waals surface area contributed by atoms with Crippen LogP contribution < -0.4 is 4.74 Å². The Bertz CT molecular complexity index is 518. The Kier molecular flexibility index (Phi) is 4.23. The molecular formula is C16H19N3O. The van der Waals surface area contributed by atoms with Crippen molar-refractivity contribution in [1.29, 1.82) is 0 Å². The predicted molar refractivity (Wildman–Crippen MR) is 77.7 cm³/mol. The molecule has 1 fully saturated rings. The molecule has 1 unspecified atom stereocenters. The highest BCUT2D eigenvalue weighted by atomic mass is 16.5. The van der Waals surface area contributed by atoms with Gasteiger partial charge in [-0.2, -0.15) is 0 Å². The lowest BCUT2D eigenvalue weighted by molar-refractivity contribution is 0.200. The van der Waals surface area contributed by atoms with Crippen molar-refractivity contribution in [2.75, 3.05) is 19.6 Å². The summed E-state index contributed by atoms with van der Waals surface area (Å²) >= 11 is 0. The zero-order valence-electron chi connectivity index (χ0n) is 11.5. The third-order valence-corrected chi connectivity index (χ3v) is 3.63. The summed E-state index contributed by atoms with van der Waals surface area (Å²) in [7, 11) is 0. The third-order valence-electron chi connectivity index (χ3n) is 3.63. The molecule has 3 heterocycles. The number of rotatable bonds is 5. The van der Waals surface area contributed by atoms with E-state index in [4.69, 9.17) is 4.74 Å². The van der Waals surface area contributed by atoms with E-state index in [1.807, 2.05) is 24.5 Å². The van der Waals surface area contributed by atoms with Crippen LogP contribution in [-0.2, 0) is 6.42 Å². The molecule has 20 heavy (non-hydrogen) atoms. The van der Waals surface area contributed by atoms with Crippen LogP contribution >= 0.6 is 0 Å². The van der Waals surface area contributed by atoms with Crippen LogP contribution in [0.1, 0.15) is 12.0 Å². The van der Waals surface area contributed by atoms with Gasteiger partial charge in [0.1, 0.15) is 11.9 Å². The van der Waals surface area contributed by atoms with Crippen molar-refractivity contribution in [1.82, 2.24) is 14.9 Å². The molecule has 1 atom stereocenters. The highest BCUT2D eigenvalue weighted by molar-refractivity contribution is 5.16. The van der Waals surface area contributed by atoms with E-state index in [9.17, 15) is 0 Å². The molecule has 0 spiro atoms. The standard InChI is InChI=1S/C16H19N3O/c1-2-15(12-18-7-1)20-16-6-11-19(13-16)10-5-14-3-8-17-9-4-14/h1-4,7-9,12,16H,5-6,10-11,13H2. The summed E-state index contributed by atoms with van der Waals surface area (Å²) in [5.74, 6) is 0.869. The number of hydrogen-bond acceptors (Lipinski definition) is 4. The van der Waals surface area contributed by atoms with E-state index in [0.717, 1.165) is 38.2 Å². The molecule has 0 amide bonds. The Morgan fingerprint density at radius 3 is 2.85 bits per heavy atom. The Hall–Kier alpha value is -1.94. The average Bonchev–Trinajstić information content (AvgIpc) is 2.95. The summed E-state index contributed by atoms with van der Waals surface area (Å²) in [5, 5.41) is 0. The lowest BCUT2D eigenvalue weighted by Crippen LogP contribution is -2.26. The Balaban J connectivity index is 1.45. The van der Waals surface area contributed by atoms with Crippen LogP contribution in [0, 0.1) is 0 Å². The minimum Gasteiger partial charge on any atom is -0.487 e. The SMILES string of the molecule is c1cncc(OC2CCN(CCc3ccncc3)C2)c1. The van der Waals surface area contributed by atoms with Crippen LogP contribution in [0.2, 0.25) is 0 Å². The lowest BCUT2D eigenvalue weighted by Gasteiger charge is -2.16. The number of hydrogen-bond donors (Lipinski definition) is 0. The summed E-state index contributed by atoms with van der Waals surface area (Å²) in [6, 6.07) is 8.04. The highest BCUT2D eigenvalue weighted by Gasteiger charge is 2.23. The maximum Gasteiger partial charge on any atom is 0.138 e. The zero-order chi connectivity index (χ0) is 13.6. The molecule has 104 valence electrons. The molecule has 1 aliphatic heterocycles. The van der Waals surface area contributed by atoms with Crippen molar-refractivity contribution in [2.24, 2.45) is 0 Å². The molecule has 0 aliphatic carbocycles. The summed E-state index contributed by atoms with van der Waals surface area (Å²) in [6.45, 7) is 3.19. The van der Waals surface area contributed by atoms with Crippen LogP contribution in [0.15, 0.2) is 49.1 Å². The molecule has 4 nitrogen and oxygen atoms in total. The van der Waals surface area contributed by atoms with Gasteiger partial charge in [0.25, 0.3) is 0 Å². The van der Waals surface area contributed by atoms with Gasteiger partial charge in [-0.3, -0.25) is 14.9 Å². The molecule has 4 heteroatoms. The van der Waals surface area contributed by atoms with Crippen LogP contribution in [0.3, 0.4) is 0 Å². The fourth-order valence-corrected chi connectivity index (χ4v) is 2.54. The molecule has 2 aromatic heterocycles. The second-order valence-corrected chi connectivity index (χ2v) is 5.12. The number of nitrogens with zero attached hydrogens (tertiary/aromatic N) is 3. The van der Waals surface area contributed by atoms with E-state index < -0.39 is 0 Å². The molecule has 0 radical (unpaired) electrons. The fourth-order valence-electron chi connectivity index (χ4n) is 2.54. The molecule has 1 aliphatic rings. The third kappa shape index (κ3) is 3.54. The highest BCUT2D eigenvalue weighted by Crippen LogP contribution is 2.17. The predicted octanol–water partition coefficient (Wildman–Crippen LogP) is 2.17. The summed E-state index contributed by atoms with van der Waals surface area (Å²) < 4.78 is 5.94. The van der Waals surface area contributed by atoms with Crippen LogP contribution in [-0.4, -0.2) is 40.6 Å². The number of pyridine rings is 2. The first-order chi connectivity index (χ1) is 9.90. The van der Waals surface area contributed by atoms with E-state index in [1.165, 1.54) is 5.56 Å². The lowest BCUT2D eigenvalue weighted by atomic mass is 10.2. The number of likely N-dealkylation sites (tertiary alicyclic amines) is 1. The molecule has 0 bridgehead atoms. The molecule has 2 aromatic rings. The van der Waals surface area contributed by atoms with Gasteiger partial charge in [0, 0.05) is 38.2 Å². The van der Waals surface area contributed by atoms with Crippen LogP contribution in [0.4, 0.5) is 0 Å². The first kappa shape index (κ1) is 13.1. The minimum atomic E-state index is 0.289. The first-order valence-corrected chi connectivity index (χ1v) is 7.08. The van der Waals surface area contributed by atoms with Crippen LogP contribution in [0.25, 0.3) is 0 Å². The van der Waals surface area contributed by atoms with Gasteiger partial charge in [-0.05, 0) is 42.7 Å². The van der Waals surface area contributed by atoms with E-state index in [2.05, 4.69) is 27.0 Å². The van der Waals surface area contributed by atoms with E-state index in [-0.39, 0.29) is 6.10 Å². The Morgan fingerprint density at radius 2 is 2.05 bits per heavy atom. The maximum atomic E-state index is 5.94. The molecule has 1 saturated heterocycles. The normalized spacial score (nSPS) is 19.1. The number of aromatic nitrogens is 2. The van der Waals surface area contributed by atoms with Crippen molar-refractivity contribution in [3.63, 3.8) is 0 Å². The fraction of sp³-hybridized carbons (Fsp3) is 0.375. The van der Waals surface area contributed by atoms with Gasteiger partial charge in [-0.25, -0.2) is 0 Å². The second kappa shape index (κ2) is 6.48. The van der Waals surface area contributed by atoms with Gasteiger partial charge in [-0.15, -0.1) is 0 Å². The topological polar surface area (TPSA) is 38.2 Å². The molecular weight excluding hydrogens is 250 g/mol. The summed E-state index contributed by atoms with van der Waals surface area (Å²) in [5.41, 5.74) is 1.34. The Labute approximate surface area is 119 Å². The van der Waals surface area contributed by atoms with E-state index in [0.29, 0.717) is 0 Å². The van der Waals surface area contributed by atoms with Gasteiger partial charge < -0.3 is 4.74 Å². The molecule has 0 saturated carbocycles. The monoisotopic (exact) mass is 269 g/mol. The van der Waals surface area contributed by atoms with Gasteiger partial charge in [-0.1, -0.05) is 0 Å². The van der Waals surface area contributed by atoms with E-state index >= 15 is 0 Å². The molecule has 0 aromatic carbocycles.